The van der Waals surface area contributed by atoms with Crippen LogP contribution in [0.3, 0.4) is 0 Å². The molecule has 1 saturated carbocycles. The molecular weight excluding hydrogens is 226 g/mol. The van der Waals surface area contributed by atoms with Crippen LogP contribution in [0.25, 0.3) is 10.9 Å². The second kappa shape index (κ2) is 3.31. The first-order valence-electron chi connectivity index (χ1n) is 6.07. The van der Waals surface area contributed by atoms with E-state index >= 15 is 0 Å². The van der Waals surface area contributed by atoms with Gasteiger partial charge >= 0.3 is 5.97 Å². The van der Waals surface area contributed by atoms with E-state index in [1.807, 2.05) is 50.2 Å². The van der Waals surface area contributed by atoms with Crippen LogP contribution in [-0.4, -0.2) is 16.1 Å². The molecule has 0 radical (unpaired) electrons. The molecule has 0 aliphatic heterocycles. The van der Waals surface area contributed by atoms with Crippen LogP contribution in [-0.2, 0) is 10.2 Å². The Labute approximate surface area is 105 Å². The highest BCUT2D eigenvalue weighted by Crippen LogP contribution is 2.64. The van der Waals surface area contributed by atoms with Crippen molar-refractivity contribution < 1.29 is 9.90 Å². The third kappa shape index (κ3) is 1.30. The Hall–Kier alpha value is -1.90. The maximum absolute atomic E-state index is 11.6. The summed E-state index contributed by atoms with van der Waals surface area (Å²) >= 11 is 0. The zero-order valence-electron chi connectivity index (χ0n) is 10.5. The number of fused-ring (bicyclic) bond motifs is 1. The lowest BCUT2D eigenvalue weighted by atomic mass is 9.91. The van der Waals surface area contributed by atoms with Gasteiger partial charge in [-0.15, -0.1) is 0 Å². The molecule has 1 aliphatic carbocycles. The Morgan fingerprint density at radius 2 is 1.89 bits per heavy atom. The van der Waals surface area contributed by atoms with Crippen molar-refractivity contribution in [3.8, 4) is 0 Å². The number of carbonyl (C=O) groups is 1. The van der Waals surface area contributed by atoms with E-state index in [0.29, 0.717) is 12.1 Å². The number of hydrogen-bond acceptors (Lipinski definition) is 2. The number of carboxylic acid groups (broad SMARTS) is 1. The zero-order chi connectivity index (χ0) is 13.0. The second-order valence-corrected chi connectivity index (χ2v) is 5.66. The monoisotopic (exact) mass is 241 g/mol. The van der Waals surface area contributed by atoms with Gasteiger partial charge < -0.3 is 5.11 Å². The molecule has 1 N–H and O–H groups in total. The normalized spacial score (nSPS) is 25.0. The van der Waals surface area contributed by atoms with Crippen LogP contribution in [0.15, 0.2) is 36.4 Å². The van der Waals surface area contributed by atoms with E-state index in [2.05, 4.69) is 4.98 Å². The van der Waals surface area contributed by atoms with E-state index in [0.717, 1.165) is 10.9 Å². The standard InChI is InChI=1S/C15H15NO2/c1-14(2)9-15(14,13(17)18)12-8-7-10-5-3-4-6-11(10)16-12/h3-8H,9H2,1-2H3,(H,17,18). The van der Waals surface area contributed by atoms with Crippen molar-refractivity contribution in [3.05, 3.63) is 42.1 Å². The van der Waals surface area contributed by atoms with E-state index in [4.69, 9.17) is 0 Å². The lowest BCUT2D eigenvalue weighted by molar-refractivity contribution is -0.141. The predicted molar refractivity (Wildman–Crippen MR) is 69.5 cm³/mol. The lowest BCUT2D eigenvalue weighted by Crippen LogP contribution is -2.26. The van der Waals surface area contributed by atoms with Crippen molar-refractivity contribution in [3.63, 3.8) is 0 Å². The van der Waals surface area contributed by atoms with Gasteiger partial charge in [-0.05, 0) is 24.0 Å². The first-order chi connectivity index (χ1) is 8.47. The molecule has 3 nitrogen and oxygen atoms in total. The largest absolute Gasteiger partial charge is 0.481 e. The Bertz CT molecular complexity index is 648. The molecule has 3 heteroatoms. The minimum atomic E-state index is -0.809. The van der Waals surface area contributed by atoms with E-state index < -0.39 is 11.4 Å². The van der Waals surface area contributed by atoms with Crippen molar-refractivity contribution in [2.24, 2.45) is 5.41 Å². The first-order valence-corrected chi connectivity index (χ1v) is 6.07. The maximum Gasteiger partial charge on any atom is 0.316 e. The minimum absolute atomic E-state index is 0.214. The van der Waals surface area contributed by atoms with E-state index in [-0.39, 0.29) is 5.41 Å². The molecule has 1 atom stereocenters. The summed E-state index contributed by atoms with van der Waals surface area (Å²) in [7, 11) is 0. The fourth-order valence-electron chi connectivity index (χ4n) is 2.83. The molecule has 1 aromatic heterocycles. The summed E-state index contributed by atoms with van der Waals surface area (Å²) in [4.78, 5) is 16.1. The molecule has 1 aliphatic rings. The Morgan fingerprint density at radius 3 is 2.50 bits per heavy atom. The van der Waals surface area contributed by atoms with Crippen LogP contribution in [0.4, 0.5) is 0 Å². The number of aromatic nitrogens is 1. The van der Waals surface area contributed by atoms with Crippen LogP contribution in [0, 0.1) is 5.41 Å². The van der Waals surface area contributed by atoms with Crippen molar-refractivity contribution in [1.82, 2.24) is 4.98 Å². The van der Waals surface area contributed by atoms with E-state index in [9.17, 15) is 9.90 Å². The van der Waals surface area contributed by atoms with Crippen molar-refractivity contribution in [1.29, 1.82) is 0 Å². The summed E-state index contributed by atoms with van der Waals surface area (Å²) in [6.45, 7) is 3.97. The van der Waals surface area contributed by atoms with Gasteiger partial charge in [-0.3, -0.25) is 9.78 Å². The van der Waals surface area contributed by atoms with Gasteiger partial charge in [0.05, 0.1) is 11.2 Å². The number of hydrogen-bond donors (Lipinski definition) is 1. The van der Waals surface area contributed by atoms with Crippen molar-refractivity contribution in [2.45, 2.75) is 25.7 Å². The maximum atomic E-state index is 11.6. The van der Waals surface area contributed by atoms with Crippen LogP contribution >= 0.6 is 0 Å². The first kappa shape index (κ1) is 11.2. The smallest absolute Gasteiger partial charge is 0.316 e. The highest BCUT2D eigenvalue weighted by atomic mass is 16.4. The molecule has 18 heavy (non-hydrogen) atoms. The van der Waals surface area contributed by atoms with Gasteiger partial charge in [0.2, 0.25) is 0 Å². The number of nitrogens with zero attached hydrogens (tertiary/aromatic N) is 1. The van der Waals surface area contributed by atoms with Crippen molar-refractivity contribution in [2.75, 3.05) is 0 Å². The zero-order valence-corrected chi connectivity index (χ0v) is 10.5. The fraction of sp³-hybridized carbons (Fsp3) is 0.333. The molecule has 1 aromatic carbocycles. The number of benzene rings is 1. The van der Waals surface area contributed by atoms with Gasteiger partial charge in [-0.25, -0.2) is 0 Å². The van der Waals surface area contributed by atoms with Gasteiger partial charge in [0.15, 0.2) is 0 Å². The molecule has 1 unspecified atom stereocenters. The number of para-hydroxylation sites is 1. The van der Waals surface area contributed by atoms with Gasteiger partial charge in [0.1, 0.15) is 5.41 Å². The van der Waals surface area contributed by atoms with Crippen molar-refractivity contribution >= 4 is 16.9 Å². The summed E-state index contributed by atoms with van der Waals surface area (Å²) in [5, 5.41) is 10.6. The van der Waals surface area contributed by atoms with Crippen LogP contribution < -0.4 is 0 Å². The van der Waals surface area contributed by atoms with Crippen LogP contribution in [0.5, 0.6) is 0 Å². The molecule has 2 aromatic rings. The molecule has 92 valence electrons. The minimum Gasteiger partial charge on any atom is -0.481 e. The Kier molecular flexibility index (Phi) is 2.06. The van der Waals surface area contributed by atoms with E-state index in [1.165, 1.54) is 0 Å². The molecule has 1 fully saturated rings. The predicted octanol–water partition coefficient (Wildman–Crippen LogP) is 2.99. The van der Waals surface area contributed by atoms with Crippen LogP contribution in [0.2, 0.25) is 0 Å². The molecule has 0 spiro atoms. The van der Waals surface area contributed by atoms with Gasteiger partial charge in [0.25, 0.3) is 0 Å². The third-order valence-electron chi connectivity index (χ3n) is 4.14. The summed E-state index contributed by atoms with van der Waals surface area (Å²) in [6, 6.07) is 11.6. The average Bonchev–Trinajstić information content (AvgIpc) is 2.93. The van der Waals surface area contributed by atoms with Gasteiger partial charge in [-0.1, -0.05) is 38.1 Å². The van der Waals surface area contributed by atoms with Crippen LogP contribution in [0.1, 0.15) is 26.0 Å². The SMILES string of the molecule is CC1(C)CC1(C(=O)O)c1ccc2ccccc2n1. The number of rotatable bonds is 2. The molecule has 0 amide bonds. The quantitative estimate of drug-likeness (QED) is 0.879. The van der Waals surface area contributed by atoms with Gasteiger partial charge in [-0.2, -0.15) is 0 Å². The number of aliphatic carboxylic acids is 1. The van der Waals surface area contributed by atoms with E-state index in [1.54, 1.807) is 0 Å². The van der Waals surface area contributed by atoms with Gasteiger partial charge in [0, 0.05) is 5.39 Å². The molecular formula is C15H15NO2. The second-order valence-electron chi connectivity index (χ2n) is 5.66. The molecule has 0 saturated heterocycles. The third-order valence-corrected chi connectivity index (χ3v) is 4.14. The average molecular weight is 241 g/mol. The Morgan fingerprint density at radius 1 is 1.22 bits per heavy atom. The summed E-state index contributed by atoms with van der Waals surface area (Å²) in [5.41, 5.74) is 0.516. The number of pyridine rings is 1. The Balaban J connectivity index is 2.18. The highest BCUT2D eigenvalue weighted by molar-refractivity contribution is 5.88. The summed E-state index contributed by atoms with van der Waals surface area (Å²) in [6.07, 6.45) is 0.653. The lowest BCUT2D eigenvalue weighted by Gasteiger charge is -2.15. The molecule has 1 heterocycles. The topological polar surface area (TPSA) is 50.2 Å². The molecule has 0 bridgehead atoms. The highest BCUT2D eigenvalue weighted by Gasteiger charge is 2.68. The molecule has 3 rings (SSSR count). The summed E-state index contributed by atoms with van der Waals surface area (Å²) < 4.78 is 0. The number of carboxylic acids is 1. The fourth-order valence-corrected chi connectivity index (χ4v) is 2.83. The summed E-state index contributed by atoms with van der Waals surface area (Å²) in [5.74, 6) is -0.768.